The summed E-state index contributed by atoms with van der Waals surface area (Å²) in [5.74, 6) is 0.507. The topological polar surface area (TPSA) is 91.4 Å². The lowest BCUT2D eigenvalue weighted by atomic mass is 10.3. The minimum Gasteiger partial charge on any atom is -0.396 e. The molecule has 0 bridgehead atoms. The van der Waals surface area contributed by atoms with E-state index in [2.05, 4.69) is 4.98 Å². The van der Waals surface area contributed by atoms with Gasteiger partial charge in [0.25, 0.3) is 0 Å². The highest BCUT2D eigenvalue weighted by Gasteiger charge is 2.06. The van der Waals surface area contributed by atoms with Gasteiger partial charge in [-0.05, 0) is 24.3 Å². The lowest BCUT2D eigenvalue weighted by Crippen LogP contribution is -2.02. The molecule has 0 fully saturated rings. The van der Waals surface area contributed by atoms with Crippen LogP contribution in [-0.4, -0.2) is 9.55 Å². The Balaban J connectivity index is 2.59. The summed E-state index contributed by atoms with van der Waals surface area (Å²) in [5, 5.41) is 17.7. The van der Waals surface area contributed by atoms with Crippen molar-refractivity contribution in [3.05, 3.63) is 41.9 Å². The first kappa shape index (κ1) is 9.75. The molecule has 2 N–H and O–H groups in total. The van der Waals surface area contributed by atoms with Crippen LogP contribution in [0.3, 0.4) is 0 Å². The van der Waals surface area contributed by atoms with Gasteiger partial charge in [-0.2, -0.15) is 10.5 Å². The molecule has 0 aliphatic carbocycles. The minimum absolute atomic E-state index is 0.162. The van der Waals surface area contributed by atoms with Crippen LogP contribution in [0.15, 0.2) is 30.5 Å². The molecule has 0 radical (unpaired) electrons. The first-order chi connectivity index (χ1) is 7.76. The van der Waals surface area contributed by atoms with Crippen LogP contribution in [0.25, 0.3) is 5.82 Å². The number of nitrogen functional groups attached to an aromatic ring is 1. The summed E-state index contributed by atoms with van der Waals surface area (Å²) in [6.07, 6.45) is 1.71. The van der Waals surface area contributed by atoms with Crippen LogP contribution in [0.4, 0.5) is 5.69 Å². The number of nitrogens with two attached hydrogens (primary N) is 1. The van der Waals surface area contributed by atoms with Crippen LogP contribution in [-0.2, 0) is 0 Å². The van der Waals surface area contributed by atoms with E-state index in [0.717, 1.165) is 0 Å². The van der Waals surface area contributed by atoms with E-state index < -0.39 is 0 Å². The zero-order valence-corrected chi connectivity index (χ0v) is 8.25. The maximum Gasteiger partial charge on any atom is 0.165 e. The highest BCUT2D eigenvalue weighted by atomic mass is 15.1. The molecule has 2 aromatic heterocycles. The lowest BCUT2D eigenvalue weighted by Gasteiger charge is -2.04. The summed E-state index contributed by atoms with van der Waals surface area (Å²) in [6, 6.07) is 10.6. The molecule has 5 heteroatoms. The summed E-state index contributed by atoms with van der Waals surface area (Å²) >= 11 is 0. The van der Waals surface area contributed by atoms with Crippen molar-refractivity contribution in [2.75, 3.05) is 5.73 Å². The quantitative estimate of drug-likeness (QED) is 0.763. The SMILES string of the molecule is N#Cc1nc(-n2cccc2C#N)ccc1N. The molecular weight excluding hydrogens is 202 g/mol. The van der Waals surface area contributed by atoms with Crippen molar-refractivity contribution in [2.45, 2.75) is 0 Å². The Bertz CT molecular complexity index is 612. The summed E-state index contributed by atoms with van der Waals surface area (Å²) in [4.78, 5) is 4.07. The summed E-state index contributed by atoms with van der Waals surface area (Å²) < 4.78 is 1.60. The molecule has 2 aromatic rings. The highest BCUT2D eigenvalue weighted by Crippen LogP contribution is 2.14. The first-order valence-electron chi connectivity index (χ1n) is 4.50. The fraction of sp³-hybridized carbons (Fsp3) is 0. The van der Waals surface area contributed by atoms with E-state index in [1.807, 2.05) is 12.1 Å². The molecule has 0 aliphatic rings. The number of nitrogens with zero attached hydrogens (tertiary/aromatic N) is 4. The number of anilines is 1. The van der Waals surface area contributed by atoms with Crippen molar-refractivity contribution in [2.24, 2.45) is 0 Å². The predicted octanol–water partition coefficient (Wildman–Crippen LogP) is 1.20. The van der Waals surface area contributed by atoms with Gasteiger partial charge in [0.15, 0.2) is 5.69 Å². The second-order valence-corrected chi connectivity index (χ2v) is 3.09. The average molecular weight is 209 g/mol. The van der Waals surface area contributed by atoms with E-state index in [9.17, 15) is 0 Å². The summed E-state index contributed by atoms with van der Waals surface area (Å²) in [7, 11) is 0. The van der Waals surface area contributed by atoms with Gasteiger partial charge in [-0.1, -0.05) is 0 Å². The van der Waals surface area contributed by atoms with Crippen molar-refractivity contribution >= 4 is 5.69 Å². The number of hydrogen-bond acceptors (Lipinski definition) is 4. The van der Waals surface area contributed by atoms with Gasteiger partial charge in [-0.15, -0.1) is 0 Å². The van der Waals surface area contributed by atoms with E-state index >= 15 is 0 Å². The molecule has 0 amide bonds. The van der Waals surface area contributed by atoms with Gasteiger partial charge in [-0.3, -0.25) is 4.57 Å². The molecule has 5 nitrogen and oxygen atoms in total. The van der Waals surface area contributed by atoms with Gasteiger partial charge < -0.3 is 5.73 Å². The smallest absolute Gasteiger partial charge is 0.165 e. The Morgan fingerprint density at radius 3 is 2.69 bits per heavy atom. The fourth-order valence-corrected chi connectivity index (χ4v) is 1.36. The van der Waals surface area contributed by atoms with Crippen LogP contribution in [0, 0.1) is 22.7 Å². The van der Waals surface area contributed by atoms with Gasteiger partial charge in [0.1, 0.15) is 23.7 Å². The Hall–Kier alpha value is -2.79. The van der Waals surface area contributed by atoms with Crippen molar-refractivity contribution in [1.29, 1.82) is 10.5 Å². The molecule has 0 aliphatic heterocycles. The maximum absolute atomic E-state index is 8.86. The average Bonchev–Trinajstić information content (AvgIpc) is 2.78. The number of pyridine rings is 1. The Labute approximate surface area is 92.0 Å². The van der Waals surface area contributed by atoms with Gasteiger partial charge in [0, 0.05) is 6.20 Å². The normalized spacial score (nSPS) is 9.38. The van der Waals surface area contributed by atoms with Crippen molar-refractivity contribution < 1.29 is 0 Å². The third-order valence-electron chi connectivity index (χ3n) is 2.13. The highest BCUT2D eigenvalue weighted by molar-refractivity contribution is 5.52. The summed E-state index contributed by atoms with van der Waals surface area (Å²) in [5.41, 5.74) is 6.52. The molecule has 0 aromatic carbocycles. The maximum atomic E-state index is 8.86. The third kappa shape index (κ3) is 1.47. The summed E-state index contributed by atoms with van der Waals surface area (Å²) in [6.45, 7) is 0. The molecular formula is C11H7N5. The molecule has 2 heterocycles. The zero-order chi connectivity index (χ0) is 11.5. The Kier molecular flexibility index (Phi) is 2.29. The van der Waals surface area contributed by atoms with E-state index in [-0.39, 0.29) is 5.69 Å². The molecule has 0 atom stereocenters. The second-order valence-electron chi connectivity index (χ2n) is 3.09. The number of rotatable bonds is 1. The van der Waals surface area contributed by atoms with Crippen LogP contribution in [0.5, 0.6) is 0 Å². The van der Waals surface area contributed by atoms with Gasteiger partial charge in [0.2, 0.25) is 0 Å². The molecule has 16 heavy (non-hydrogen) atoms. The fourth-order valence-electron chi connectivity index (χ4n) is 1.36. The number of nitriles is 2. The van der Waals surface area contributed by atoms with Crippen LogP contribution < -0.4 is 5.73 Å². The Morgan fingerprint density at radius 2 is 2.00 bits per heavy atom. The predicted molar refractivity (Wildman–Crippen MR) is 57.4 cm³/mol. The van der Waals surface area contributed by atoms with Crippen molar-refractivity contribution in [1.82, 2.24) is 9.55 Å². The molecule has 0 spiro atoms. The molecule has 0 saturated carbocycles. The molecule has 2 rings (SSSR count). The van der Waals surface area contributed by atoms with Crippen molar-refractivity contribution in [3.63, 3.8) is 0 Å². The van der Waals surface area contributed by atoms with Crippen LogP contribution in [0.1, 0.15) is 11.4 Å². The van der Waals surface area contributed by atoms with Crippen LogP contribution >= 0.6 is 0 Å². The second kappa shape index (κ2) is 3.76. The van der Waals surface area contributed by atoms with Crippen molar-refractivity contribution in [3.8, 4) is 18.0 Å². The van der Waals surface area contributed by atoms with Crippen LogP contribution in [0.2, 0.25) is 0 Å². The third-order valence-corrected chi connectivity index (χ3v) is 2.13. The van der Waals surface area contributed by atoms with E-state index in [4.69, 9.17) is 16.3 Å². The Morgan fingerprint density at radius 1 is 1.19 bits per heavy atom. The van der Waals surface area contributed by atoms with E-state index in [0.29, 0.717) is 17.2 Å². The number of aromatic nitrogens is 2. The van der Waals surface area contributed by atoms with E-state index in [1.54, 1.807) is 35.0 Å². The van der Waals surface area contributed by atoms with E-state index in [1.165, 1.54) is 0 Å². The lowest BCUT2D eigenvalue weighted by molar-refractivity contribution is 0.983. The first-order valence-corrected chi connectivity index (χ1v) is 4.50. The largest absolute Gasteiger partial charge is 0.396 e. The monoisotopic (exact) mass is 209 g/mol. The number of hydrogen-bond donors (Lipinski definition) is 1. The molecule has 0 saturated heterocycles. The molecule has 0 unspecified atom stereocenters. The standard InChI is InChI=1S/C11H7N5/c12-6-8-2-1-5-16(8)11-4-3-9(14)10(7-13)15-11/h1-5H,14H2. The minimum atomic E-state index is 0.162. The van der Waals surface area contributed by atoms with Gasteiger partial charge >= 0.3 is 0 Å². The van der Waals surface area contributed by atoms with Gasteiger partial charge in [0.05, 0.1) is 5.69 Å². The van der Waals surface area contributed by atoms with Gasteiger partial charge in [-0.25, -0.2) is 4.98 Å². The zero-order valence-electron chi connectivity index (χ0n) is 8.25. The molecule has 76 valence electrons.